The number of thiazole rings is 1. The van der Waals surface area contributed by atoms with Crippen LogP contribution in [0.15, 0.2) is 5.38 Å². The fraction of sp³-hybridized carbons (Fsp3) is 0.769. The van der Waals surface area contributed by atoms with Crippen molar-refractivity contribution in [2.45, 2.75) is 59.2 Å². The number of nitrogens with zero attached hydrogens (tertiary/aromatic N) is 1. The van der Waals surface area contributed by atoms with E-state index >= 15 is 0 Å². The number of ether oxygens (including phenoxy) is 1. The van der Waals surface area contributed by atoms with Gasteiger partial charge in [0.05, 0.1) is 5.69 Å². The molecule has 1 heterocycles. The molecule has 0 spiro atoms. The Kier molecular flexibility index (Phi) is 6.70. The predicted molar refractivity (Wildman–Crippen MR) is 73.4 cm³/mol. The van der Waals surface area contributed by atoms with E-state index in [9.17, 15) is 0 Å². The van der Waals surface area contributed by atoms with Crippen LogP contribution in [-0.2, 0) is 11.3 Å². The monoisotopic (exact) mass is 256 g/mol. The van der Waals surface area contributed by atoms with Crippen molar-refractivity contribution in [3.8, 4) is 0 Å². The summed E-state index contributed by atoms with van der Waals surface area (Å²) in [6.07, 6.45) is 2.37. The zero-order valence-electron chi connectivity index (χ0n) is 11.3. The molecule has 1 atom stereocenters. The van der Waals surface area contributed by atoms with Crippen LogP contribution >= 0.6 is 11.3 Å². The maximum atomic E-state index is 5.73. The van der Waals surface area contributed by atoms with Gasteiger partial charge in [-0.2, -0.15) is 0 Å². The lowest BCUT2D eigenvalue weighted by Gasteiger charge is -2.13. The summed E-state index contributed by atoms with van der Waals surface area (Å²) in [7, 11) is 0. The van der Waals surface area contributed by atoms with Gasteiger partial charge >= 0.3 is 0 Å². The molecule has 1 N–H and O–H groups in total. The van der Waals surface area contributed by atoms with E-state index in [4.69, 9.17) is 4.74 Å². The van der Waals surface area contributed by atoms with Crippen molar-refractivity contribution < 1.29 is 4.74 Å². The molecule has 17 heavy (non-hydrogen) atoms. The van der Waals surface area contributed by atoms with Crippen molar-refractivity contribution in [3.63, 3.8) is 0 Å². The minimum atomic E-state index is 0.183. The number of nitrogens with one attached hydrogen (secondary N) is 1. The molecule has 0 amide bonds. The van der Waals surface area contributed by atoms with Gasteiger partial charge in [0.25, 0.3) is 0 Å². The number of rotatable bonds is 8. The summed E-state index contributed by atoms with van der Waals surface area (Å²) in [6, 6.07) is 0.499. The summed E-state index contributed by atoms with van der Waals surface area (Å²) in [5.74, 6) is 0. The highest BCUT2D eigenvalue weighted by molar-refractivity contribution is 7.09. The number of hydrogen-bond donors (Lipinski definition) is 1. The Morgan fingerprint density at radius 1 is 1.41 bits per heavy atom. The Hall–Kier alpha value is -0.450. The first-order valence-electron chi connectivity index (χ1n) is 6.46. The second-order valence-electron chi connectivity index (χ2n) is 4.45. The van der Waals surface area contributed by atoms with Crippen LogP contribution in [0.1, 0.15) is 57.3 Å². The zero-order valence-corrected chi connectivity index (χ0v) is 12.1. The van der Waals surface area contributed by atoms with Gasteiger partial charge in [0, 0.05) is 24.6 Å². The van der Waals surface area contributed by atoms with Crippen LogP contribution in [-0.4, -0.2) is 17.6 Å². The van der Waals surface area contributed by atoms with E-state index in [-0.39, 0.29) is 6.10 Å². The second kappa shape index (κ2) is 7.80. The van der Waals surface area contributed by atoms with E-state index < -0.39 is 0 Å². The van der Waals surface area contributed by atoms with Gasteiger partial charge < -0.3 is 10.1 Å². The molecule has 0 aromatic carbocycles. The lowest BCUT2D eigenvalue weighted by atomic mass is 10.2. The van der Waals surface area contributed by atoms with Gasteiger partial charge in [-0.05, 0) is 13.3 Å². The smallest absolute Gasteiger partial charge is 0.122 e. The molecule has 1 rings (SSSR count). The van der Waals surface area contributed by atoms with Crippen LogP contribution < -0.4 is 5.32 Å². The van der Waals surface area contributed by atoms with Crippen molar-refractivity contribution in [2.75, 3.05) is 6.61 Å². The van der Waals surface area contributed by atoms with Crippen molar-refractivity contribution in [2.24, 2.45) is 0 Å². The molecule has 0 aliphatic rings. The van der Waals surface area contributed by atoms with Crippen LogP contribution in [0.3, 0.4) is 0 Å². The fourth-order valence-corrected chi connectivity index (χ4v) is 2.50. The minimum Gasteiger partial charge on any atom is -0.371 e. The molecule has 0 bridgehead atoms. The van der Waals surface area contributed by atoms with Crippen LogP contribution in [0.4, 0.5) is 0 Å². The molecular weight excluding hydrogens is 232 g/mol. The molecule has 98 valence electrons. The second-order valence-corrected chi connectivity index (χ2v) is 5.34. The molecule has 0 aliphatic heterocycles. The summed E-state index contributed by atoms with van der Waals surface area (Å²) >= 11 is 1.71. The van der Waals surface area contributed by atoms with Crippen LogP contribution in [0.25, 0.3) is 0 Å². The predicted octanol–water partition coefficient (Wildman–Crippen LogP) is 3.52. The molecule has 1 aromatic heterocycles. The standard InChI is InChI=1S/C13H24N2OS/c1-5-7-12(16-6-2)13-15-11(9-17-13)8-14-10(3)4/h9-10,12,14H,5-8H2,1-4H3. The molecule has 0 radical (unpaired) electrons. The third-order valence-electron chi connectivity index (χ3n) is 2.46. The quantitative estimate of drug-likeness (QED) is 0.772. The third-order valence-corrected chi connectivity index (χ3v) is 3.44. The van der Waals surface area contributed by atoms with Crippen molar-refractivity contribution >= 4 is 11.3 Å². The van der Waals surface area contributed by atoms with Gasteiger partial charge in [0.15, 0.2) is 0 Å². The molecule has 0 aliphatic carbocycles. The first-order valence-corrected chi connectivity index (χ1v) is 7.34. The minimum absolute atomic E-state index is 0.183. The molecule has 4 heteroatoms. The van der Waals surface area contributed by atoms with E-state index in [1.165, 1.54) is 0 Å². The van der Waals surface area contributed by atoms with Gasteiger partial charge in [0.1, 0.15) is 11.1 Å². The Morgan fingerprint density at radius 2 is 2.18 bits per heavy atom. The van der Waals surface area contributed by atoms with E-state index in [1.54, 1.807) is 11.3 Å². The van der Waals surface area contributed by atoms with Crippen LogP contribution in [0, 0.1) is 0 Å². The normalized spacial score (nSPS) is 13.2. The highest BCUT2D eigenvalue weighted by Crippen LogP contribution is 2.25. The van der Waals surface area contributed by atoms with E-state index in [2.05, 4.69) is 36.5 Å². The first kappa shape index (κ1) is 14.6. The van der Waals surface area contributed by atoms with Crippen LogP contribution in [0.2, 0.25) is 0 Å². The summed E-state index contributed by atoms with van der Waals surface area (Å²) in [4.78, 5) is 4.65. The zero-order chi connectivity index (χ0) is 12.7. The molecule has 0 fully saturated rings. The lowest BCUT2D eigenvalue weighted by molar-refractivity contribution is 0.0554. The van der Waals surface area contributed by atoms with Gasteiger partial charge in [-0.1, -0.05) is 27.2 Å². The maximum absolute atomic E-state index is 5.73. The van der Waals surface area contributed by atoms with Crippen molar-refractivity contribution in [3.05, 3.63) is 16.1 Å². The highest BCUT2D eigenvalue weighted by Gasteiger charge is 2.14. The van der Waals surface area contributed by atoms with E-state index in [0.29, 0.717) is 6.04 Å². The molecule has 1 unspecified atom stereocenters. The molecule has 0 saturated heterocycles. The SMILES string of the molecule is CCCC(OCC)c1nc(CNC(C)C)cs1. The topological polar surface area (TPSA) is 34.1 Å². The third kappa shape index (κ3) is 5.15. The summed E-state index contributed by atoms with van der Waals surface area (Å²) in [5, 5.41) is 6.63. The molecular formula is C13H24N2OS. The first-order chi connectivity index (χ1) is 8.17. The van der Waals surface area contributed by atoms with Gasteiger partial charge in [-0.15, -0.1) is 11.3 Å². The molecule has 1 aromatic rings. The largest absolute Gasteiger partial charge is 0.371 e. The molecule has 3 nitrogen and oxygen atoms in total. The highest BCUT2D eigenvalue weighted by atomic mass is 32.1. The Labute approximate surface area is 109 Å². The Morgan fingerprint density at radius 3 is 2.76 bits per heavy atom. The van der Waals surface area contributed by atoms with Gasteiger partial charge in [0.2, 0.25) is 0 Å². The Bertz CT molecular complexity index is 306. The number of aromatic nitrogens is 1. The average molecular weight is 256 g/mol. The lowest BCUT2D eigenvalue weighted by Crippen LogP contribution is -2.22. The van der Waals surface area contributed by atoms with Gasteiger partial charge in [-0.25, -0.2) is 4.98 Å². The average Bonchev–Trinajstić information content (AvgIpc) is 2.74. The van der Waals surface area contributed by atoms with Crippen LogP contribution in [0.5, 0.6) is 0 Å². The van der Waals surface area contributed by atoms with Crippen molar-refractivity contribution in [1.29, 1.82) is 0 Å². The Balaban J connectivity index is 2.57. The summed E-state index contributed by atoms with van der Waals surface area (Å²) in [6.45, 7) is 10.1. The van der Waals surface area contributed by atoms with Gasteiger partial charge in [-0.3, -0.25) is 0 Å². The molecule has 0 saturated carbocycles. The maximum Gasteiger partial charge on any atom is 0.122 e. The van der Waals surface area contributed by atoms with E-state index in [0.717, 1.165) is 36.7 Å². The van der Waals surface area contributed by atoms with E-state index in [1.807, 2.05) is 6.92 Å². The van der Waals surface area contributed by atoms with Crippen molar-refractivity contribution in [1.82, 2.24) is 10.3 Å². The number of hydrogen-bond acceptors (Lipinski definition) is 4. The summed E-state index contributed by atoms with van der Waals surface area (Å²) in [5.41, 5.74) is 1.12. The fourth-order valence-electron chi connectivity index (χ4n) is 1.60. The summed E-state index contributed by atoms with van der Waals surface area (Å²) < 4.78 is 5.73.